The molecular weight excluding hydrogens is 553 g/mol. The Morgan fingerprint density at radius 2 is 1.73 bits per heavy atom. The summed E-state index contributed by atoms with van der Waals surface area (Å²) >= 11 is 18.9. The van der Waals surface area contributed by atoms with E-state index in [4.69, 9.17) is 39.5 Å². The second-order valence-corrected chi connectivity index (χ2v) is 12.6. The van der Waals surface area contributed by atoms with Gasteiger partial charge in [-0.05, 0) is 72.9 Å². The van der Waals surface area contributed by atoms with Crippen LogP contribution in [0.4, 0.5) is 11.4 Å². The highest BCUT2D eigenvalue weighted by Gasteiger charge is 2.32. The number of hydrogen-bond acceptors (Lipinski definition) is 5. The van der Waals surface area contributed by atoms with E-state index in [-0.39, 0.29) is 16.9 Å². The van der Waals surface area contributed by atoms with Crippen molar-refractivity contribution >= 4 is 56.2 Å². The minimum atomic E-state index is -3.70. The molecule has 0 spiro atoms. The maximum atomic E-state index is 13.2. The minimum absolute atomic E-state index is 0.0357. The monoisotopic (exact) mass is 579 g/mol. The topological polar surface area (TPSA) is 61.9 Å². The number of anilines is 2. The number of nitrogens with one attached hydrogen (secondary N) is 1. The zero-order chi connectivity index (χ0) is 26.2. The highest BCUT2D eigenvalue weighted by Crippen LogP contribution is 2.40. The van der Waals surface area contributed by atoms with Gasteiger partial charge in [0.1, 0.15) is 12.4 Å². The highest BCUT2D eigenvalue weighted by atomic mass is 35.5. The Hall–Kier alpha value is -2.16. The van der Waals surface area contributed by atoms with Crippen LogP contribution in [0.3, 0.4) is 0 Å². The van der Waals surface area contributed by atoms with Crippen LogP contribution < -0.4 is 19.3 Å². The zero-order valence-corrected chi connectivity index (χ0v) is 23.4. The van der Waals surface area contributed by atoms with Crippen molar-refractivity contribution in [3.63, 3.8) is 0 Å². The van der Waals surface area contributed by atoms with E-state index in [0.29, 0.717) is 40.5 Å². The van der Waals surface area contributed by atoms with Gasteiger partial charge in [0.25, 0.3) is 0 Å². The van der Waals surface area contributed by atoms with Gasteiger partial charge in [0, 0.05) is 47.0 Å². The van der Waals surface area contributed by atoms with E-state index in [1.54, 1.807) is 24.3 Å². The molecule has 0 saturated carbocycles. The summed E-state index contributed by atoms with van der Waals surface area (Å²) in [7, 11) is -1.73. The lowest BCUT2D eigenvalue weighted by atomic mass is 9.88. The average Bonchev–Trinajstić information content (AvgIpc) is 2.88. The second kappa shape index (κ2) is 10.9. The molecule has 6 nitrogen and oxygen atoms in total. The molecule has 10 heteroatoms. The first-order valence-corrected chi connectivity index (χ1v) is 14.8. The van der Waals surface area contributed by atoms with Crippen LogP contribution in [0.25, 0.3) is 0 Å². The van der Waals surface area contributed by atoms with Gasteiger partial charge in [-0.15, -0.1) is 0 Å². The van der Waals surface area contributed by atoms with E-state index >= 15 is 0 Å². The quantitative estimate of drug-likeness (QED) is 0.365. The number of nitrogens with zero attached hydrogens (tertiary/aromatic N) is 2. The molecule has 196 valence electrons. The van der Waals surface area contributed by atoms with Crippen molar-refractivity contribution in [3.05, 3.63) is 81.3 Å². The van der Waals surface area contributed by atoms with Crippen LogP contribution in [0.2, 0.25) is 15.1 Å². The van der Waals surface area contributed by atoms with Crippen molar-refractivity contribution in [2.24, 2.45) is 5.92 Å². The molecule has 1 saturated heterocycles. The summed E-state index contributed by atoms with van der Waals surface area (Å²) in [5, 5.41) is 1.87. The van der Waals surface area contributed by atoms with Crippen LogP contribution in [0, 0.1) is 5.92 Å². The average molecular weight is 581 g/mol. The molecule has 1 N–H and O–H groups in total. The van der Waals surface area contributed by atoms with Crippen molar-refractivity contribution in [2.75, 3.05) is 43.1 Å². The Kier molecular flexibility index (Phi) is 7.80. The molecule has 5 rings (SSSR count). The number of piperidine rings is 1. The van der Waals surface area contributed by atoms with Crippen molar-refractivity contribution < 1.29 is 13.2 Å². The second-order valence-electron chi connectivity index (χ2n) is 9.51. The smallest absolute Gasteiger partial charge is 0.240 e. The number of likely N-dealkylation sites (N-methyl/N-ethyl adjacent to an activating group) is 1. The number of halogens is 3. The maximum Gasteiger partial charge on any atom is 0.240 e. The molecule has 3 aromatic carbocycles. The Morgan fingerprint density at radius 1 is 0.973 bits per heavy atom. The van der Waals surface area contributed by atoms with Gasteiger partial charge >= 0.3 is 0 Å². The normalized spacial score (nSPS) is 19.9. The lowest BCUT2D eigenvalue weighted by molar-refractivity contribution is 0.310. The van der Waals surface area contributed by atoms with Gasteiger partial charge < -0.3 is 14.5 Å². The molecule has 0 radical (unpaired) electrons. The summed E-state index contributed by atoms with van der Waals surface area (Å²) < 4.78 is 34.8. The number of rotatable bonds is 6. The van der Waals surface area contributed by atoms with Crippen molar-refractivity contribution in [2.45, 2.75) is 23.8 Å². The molecule has 0 aliphatic carbocycles. The molecular formula is C27H28Cl3N3O3S. The van der Waals surface area contributed by atoms with Crippen molar-refractivity contribution in [1.29, 1.82) is 0 Å². The lowest BCUT2D eigenvalue weighted by Crippen LogP contribution is -2.42. The van der Waals surface area contributed by atoms with E-state index in [0.717, 1.165) is 36.3 Å². The fourth-order valence-electron chi connectivity index (χ4n) is 5.04. The molecule has 0 amide bonds. The molecule has 37 heavy (non-hydrogen) atoms. The Bertz CT molecular complexity index is 1390. The number of benzene rings is 3. The Morgan fingerprint density at radius 3 is 2.49 bits per heavy atom. The van der Waals surface area contributed by atoms with Gasteiger partial charge in [-0.1, -0.05) is 40.9 Å². The number of fused-ring (bicyclic) bond motifs is 1. The maximum absolute atomic E-state index is 13.2. The molecule has 1 fully saturated rings. The zero-order valence-electron chi connectivity index (χ0n) is 20.3. The fourth-order valence-corrected chi connectivity index (χ4v) is 6.83. The predicted molar refractivity (Wildman–Crippen MR) is 151 cm³/mol. The summed E-state index contributed by atoms with van der Waals surface area (Å²) in [4.78, 5) is 4.54. The van der Waals surface area contributed by atoms with Crippen molar-refractivity contribution in [3.8, 4) is 5.75 Å². The van der Waals surface area contributed by atoms with Crippen LogP contribution in [-0.2, 0) is 10.0 Å². The Balaban J connectivity index is 1.34. The third kappa shape index (κ3) is 5.81. The summed E-state index contributed by atoms with van der Waals surface area (Å²) in [6, 6.07) is 18.3. The third-order valence-electron chi connectivity index (χ3n) is 7.06. The summed E-state index contributed by atoms with van der Waals surface area (Å²) in [6.07, 6.45) is 1.66. The van der Waals surface area contributed by atoms with E-state index in [2.05, 4.69) is 14.5 Å². The van der Waals surface area contributed by atoms with E-state index in [1.807, 2.05) is 43.4 Å². The molecule has 2 heterocycles. The van der Waals surface area contributed by atoms with E-state index in [9.17, 15) is 8.42 Å². The van der Waals surface area contributed by atoms with Crippen molar-refractivity contribution in [1.82, 2.24) is 4.72 Å². The molecule has 2 aliphatic rings. The van der Waals surface area contributed by atoms with Gasteiger partial charge in [0.05, 0.1) is 23.2 Å². The first-order valence-electron chi connectivity index (χ1n) is 12.2. The van der Waals surface area contributed by atoms with Gasteiger partial charge in [-0.25, -0.2) is 13.1 Å². The van der Waals surface area contributed by atoms with Gasteiger partial charge in [0.2, 0.25) is 10.0 Å². The standard InChI is InChI=1S/C27H28Cl3N3O3S/c1-32-12-13-36-27-15-22(8-11-26(27)32)37(34,35)31-16-18-2-10-25(23-9-5-20(29)14-24(23)30)33(17-18)21-6-3-19(28)4-7-21/h3-9,11,14-15,18,25,31H,2,10,12-13,16-17H2,1H3/t18-,25-/m0/s1. The van der Waals surface area contributed by atoms with Crippen LogP contribution >= 0.6 is 34.8 Å². The van der Waals surface area contributed by atoms with Gasteiger partial charge in [0.15, 0.2) is 0 Å². The third-order valence-corrected chi connectivity index (χ3v) is 9.29. The first-order chi connectivity index (χ1) is 17.7. The SMILES string of the molecule is CN1CCOc2cc(S(=O)(=O)NC[C@@H]3CC[C@@H](c4ccc(Cl)cc4Cl)N(c4ccc(Cl)cc4)C3)ccc21. The number of hydrogen-bond donors (Lipinski definition) is 1. The molecule has 0 bridgehead atoms. The fraction of sp³-hybridized carbons (Fsp3) is 0.333. The van der Waals surface area contributed by atoms with Crippen LogP contribution in [0.1, 0.15) is 24.4 Å². The van der Waals surface area contributed by atoms with E-state index in [1.165, 1.54) is 0 Å². The highest BCUT2D eigenvalue weighted by molar-refractivity contribution is 7.89. The Labute approximate surface area is 233 Å². The number of ether oxygens (including phenoxy) is 1. The van der Waals surface area contributed by atoms with E-state index < -0.39 is 10.0 Å². The first kappa shape index (κ1) is 26.4. The molecule has 0 unspecified atom stereocenters. The summed E-state index contributed by atoms with van der Waals surface area (Å²) in [5.41, 5.74) is 2.89. The summed E-state index contributed by atoms with van der Waals surface area (Å²) in [6.45, 7) is 2.28. The number of sulfonamides is 1. The lowest BCUT2D eigenvalue weighted by Gasteiger charge is -2.42. The molecule has 0 aromatic heterocycles. The van der Waals surface area contributed by atoms with Gasteiger partial charge in [-0.3, -0.25) is 0 Å². The van der Waals surface area contributed by atoms with Gasteiger partial charge in [-0.2, -0.15) is 0 Å². The van der Waals surface area contributed by atoms with Crippen LogP contribution in [-0.4, -0.2) is 41.7 Å². The largest absolute Gasteiger partial charge is 0.490 e. The summed E-state index contributed by atoms with van der Waals surface area (Å²) in [5.74, 6) is 0.693. The van der Waals surface area contributed by atoms with Crippen LogP contribution in [0.15, 0.2) is 65.6 Å². The molecule has 2 atom stereocenters. The minimum Gasteiger partial charge on any atom is -0.490 e. The predicted octanol–water partition coefficient (Wildman–Crippen LogP) is 6.41. The molecule has 3 aromatic rings. The molecule has 2 aliphatic heterocycles. The van der Waals surface area contributed by atoms with Crippen LogP contribution in [0.5, 0.6) is 5.75 Å².